The third kappa shape index (κ3) is 2.69. The molecule has 2 aromatic rings. The molecule has 0 fully saturated rings. The number of aromatic amines is 1. The number of rotatable bonds is 4. The fourth-order valence-electron chi connectivity index (χ4n) is 1.40. The van der Waals surface area contributed by atoms with Crippen LogP contribution in [0.4, 0.5) is 5.69 Å². The van der Waals surface area contributed by atoms with Crippen molar-refractivity contribution in [2.45, 2.75) is 0 Å². The van der Waals surface area contributed by atoms with Gasteiger partial charge in [0.2, 0.25) is 11.6 Å². The lowest BCUT2D eigenvalue weighted by Gasteiger charge is -2.07. The first-order valence-electron chi connectivity index (χ1n) is 5.26. The third-order valence-corrected chi connectivity index (χ3v) is 2.67. The highest BCUT2D eigenvalue weighted by Gasteiger charge is 2.19. The van der Waals surface area contributed by atoms with E-state index < -0.39 is 10.5 Å². The van der Waals surface area contributed by atoms with Gasteiger partial charge in [0.05, 0.1) is 18.4 Å². The molecule has 0 radical (unpaired) electrons. The second-order valence-electron chi connectivity index (χ2n) is 3.54. The summed E-state index contributed by atoms with van der Waals surface area (Å²) >= 11 is 5.72. The van der Waals surface area contributed by atoms with E-state index in [4.69, 9.17) is 21.1 Å². The van der Waals surface area contributed by atoms with Crippen LogP contribution in [0.5, 0.6) is 17.4 Å². The molecular formula is C11H8ClN3O5. The van der Waals surface area contributed by atoms with Crippen molar-refractivity contribution in [3.63, 3.8) is 0 Å². The zero-order chi connectivity index (χ0) is 14.7. The number of halogens is 1. The average Bonchev–Trinajstić information content (AvgIpc) is 2.43. The van der Waals surface area contributed by atoms with Crippen molar-refractivity contribution in [3.8, 4) is 17.4 Å². The van der Waals surface area contributed by atoms with Gasteiger partial charge in [-0.1, -0.05) is 11.6 Å². The van der Waals surface area contributed by atoms with Crippen molar-refractivity contribution < 1.29 is 14.4 Å². The quantitative estimate of drug-likeness (QED) is 0.684. The van der Waals surface area contributed by atoms with Crippen LogP contribution < -0.4 is 15.0 Å². The summed E-state index contributed by atoms with van der Waals surface area (Å²) in [5, 5.41) is 10.6. The molecule has 0 aliphatic heterocycles. The molecule has 0 saturated carbocycles. The van der Waals surface area contributed by atoms with E-state index in [9.17, 15) is 14.9 Å². The summed E-state index contributed by atoms with van der Waals surface area (Å²) in [5.74, 6) is -0.00678. The second kappa shape index (κ2) is 5.57. The van der Waals surface area contributed by atoms with Gasteiger partial charge in [-0.2, -0.15) is 0 Å². The van der Waals surface area contributed by atoms with Crippen LogP contribution in [0, 0.1) is 10.1 Å². The van der Waals surface area contributed by atoms with E-state index in [1.807, 2.05) is 0 Å². The zero-order valence-electron chi connectivity index (χ0n) is 10.1. The van der Waals surface area contributed by atoms with Crippen molar-refractivity contribution in [2.75, 3.05) is 7.11 Å². The molecular weight excluding hydrogens is 290 g/mol. The molecule has 2 rings (SSSR count). The fraction of sp³-hybridized carbons (Fsp3) is 0.0909. The Morgan fingerprint density at radius 3 is 2.85 bits per heavy atom. The number of hydrogen-bond donors (Lipinski definition) is 1. The summed E-state index contributed by atoms with van der Waals surface area (Å²) in [4.78, 5) is 27.6. The van der Waals surface area contributed by atoms with Gasteiger partial charge in [0.1, 0.15) is 5.75 Å². The minimum atomic E-state index is -0.629. The average molecular weight is 298 g/mol. The van der Waals surface area contributed by atoms with E-state index in [0.717, 1.165) is 6.33 Å². The molecule has 104 valence electrons. The lowest BCUT2D eigenvalue weighted by molar-refractivity contribution is -0.385. The predicted octanol–water partition coefficient (Wildman–Crippen LogP) is 2.13. The van der Waals surface area contributed by atoms with Gasteiger partial charge >= 0.3 is 5.69 Å². The van der Waals surface area contributed by atoms with E-state index in [1.54, 1.807) is 0 Å². The number of methoxy groups -OCH3 is 1. The Hall–Kier alpha value is -2.61. The van der Waals surface area contributed by atoms with Gasteiger partial charge in [-0.25, -0.2) is 4.98 Å². The summed E-state index contributed by atoms with van der Waals surface area (Å²) in [7, 11) is 1.41. The van der Waals surface area contributed by atoms with Gasteiger partial charge in [0, 0.05) is 12.1 Å². The molecule has 9 heteroatoms. The normalized spacial score (nSPS) is 10.1. The van der Waals surface area contributed by atoms with Crippen molar-refractivity contribution in [1.82, 2.24) is 9.97 Å². The van der Waals surface area contributed by atoms with Gasteiger partial charge in [-0.3, -0.25) is 14.9 Å². The summed E-state index contributed by atoms with van der Waals surface area (Å²) in [6.07, 6.45) is 1.08. The monoisotopic (exact) mass is 297 g/mol. The van der Waals surface area contributed by atoms with Crippen LogP contribution in [0.15, 0.2) is 29.3 Å². The minimum absolute atomic E-state index is 0.130. The first-order valence-corrected chi connectivity index (χ1v) is 5.64. The minimum Gasteiger partial charge on any atom is -0.497 e. The summed E-state index contributed by atoms with van der Waals surface area (Å²) in [6.45, 7) is 0. The molecule has 0 amide bonds. The van der Waals surface area contributed by atoms with Crippen molar-refractivity contribution in [3.05, 3.63) is 50.0 Å². The number of H-pyrrole nitrogens is 1. The lowest BCUT2D eigenvalue weighted by atomic mass is 10.3. The van der Waals surface area contributed by atoms with E-state index in [-0.39, 0.29) is 22.3 Å². The van der Waals surface area contributed by atoms with E-state index in [2.05, 4.69) is 9.97 Å². The number of nitro groups is 1. The first kappa shape index (κ1) is 13.8. The zero-order valence-corrected chi connectivity index (χ0v) is 10.9. The lowest BCUT2D eigenvalue weighted by Crippen LogP contribution is -2.08. The van der Waals surface area contributed by atoms with Crippen LogP contribution >= 0.6 is 11.6 Å². The highest BCUT2D eigenvalue weighted by molar-refractivity contribution is 6.31. The van der Waals surface area contributed by atoms with Crippen LogP contribution in [0.3, 0.4) is 0 Å². The Balaban J connectivity index is 2.48. The molecule has 0 bridgehead atoms. The van der Waals surface area contributed by atoms with Crippen LogP contribution in [0.25, 0.3) is 0 Å². The number of aromatic nitrogens is 2. The maximum absolute atomic E-state index is 11.3. The number of ether oxygens (including phenoxy) is 2. The Morgan fingerprint density at radius 2 is 2.20 bits per heavy atom. The molecule has 20 heavy (non-hydrogen) atoms. The molecule has 1 N–H and O–H groups in total. The Kier molecular flexibility index (Phi) is 3.85. The van der Waals surface area contributed by atoms with E-state index >= 15 is 0 Å². The summed E-state index contributed by atoms with van der Waals surface area (Å²) < 4.78 is 10.2. The van der Waals surface area contributed by atoms with E-state index in [0.29, 0.717) is 5.75 Å². The predicted molar refractivity (Wildman–Crippen MR) is 69.6 cm³/mol. The second-order valence-corrected chi connectivity index (χ2v) is 3.92. The largest absolute Gasteiger partial charge is 0.497 e. The number of benzene rings is 1. The van der Waals surface area contributed by atoms with E-state index in [1.165, 1.54) is 25.3 Å². The molecule has 1 heterocycles. The highest BCUT2D eigenvalue weighted by Crippen LogP contribution is 2.35. The van der Waals surface area contributed by atoms with Crippen LogP contribution in [0.1, 0.15) is 0 Å². The van der Waals surface area contributed by atoms with Crippen LogP contribution in [-0.2, 0) is 0 Å². The van der Waals surface area contributed by atoms with Gasteiger partial charge in [0.15, 0.2) is 5.02 Å². The first-order chi connectivity index (χ1) is 9.52. The van der Waals surface area contributed by atoms with Gasteiger partial charge in [-0.15, -0.1) is 0 Å². The molecule has 0 atom stereocenters. The topological polar surface area (TPSA) is 107 Å². The molecule has 0 spiro atoms. The maximum Gasteiger partial charge on any atom is 0.311 e. The molecule has 0 aliphatic rings. The molecule has 0 saturated heterocycles. The number of nitrogens with one attached hydrogen (secondary N) is 1. The van der Waals surface area contributed by atoms with Crippen LogP contribution in [0.2, 0.25) is 5.02 Å². The summed E-state index contributed by atoms with van der Waals surface area (Å²) in [5.41, 5.74) is -0.911. The number of nitrogens with zero attached hydrogens (tertiary/aromatic N) is 2. The number of hydrogen-bond acceptors (Lipinski definition) is 6. The number of nitro benzene ring substituents is 1. The van der Waals surface area contributed by atoms with Gasteiger partial charge in [-0.05, 0) is 6.07 Å². The Morgan fingerprint density at radius 1 is 1.45 bits per heavy atom. The molecule has 8 nitrogen and oxygen atoms in total. The Labute approximate surface area is 117 Å². The van der Waals surface area contributed by atoms with Gasteiger partial charge in [0.25, 0.3) is 5.56 Å². The Bertz CT molecular complexity index is 715. The van der Waals surface area contributed by atoms with Gasteiger partial charge < -0.3 is 14.5 Å². The van der Waals surface area contributed by atoms with Crippen LogP contribution in [-0.4, -0.2) is 22.0 Å². The fourth-order valence-corrected chi connectivity index (χ4v) is 1.54. The molecule has 0 aliphatic carbocycles. The van der Waals surface area contributed by atoms with Crippen molar-refractivity contribution >= 4 is 17.3 Å². The molecule has 1 aromatic carbocycles. The SMILES string of the molecule is COc1ccc([N+](=O)[O-])c(Oc2nc[nH]c(=O)c2Cl)c1. The third-order valence-electron chi connectivity index (χ3n) is 2.33. The molecule has 0 unspecified atom stereocenters. The smallest absolute Gasteiger partial charge is 0.311 e. The highest BCUT2D eigenvalue weighted by atomic mass is 35.5. The summed E-state index contributed by atoms with van der Waals surface area (Å²) in [6, 6.07) is 3.93. The van der Waals surface area contributed by atoms with Crippen molar-refractivity contribution in [2.24, 2.45) is 0 Å². The standard InChI is InChI=1S/C11H8ClN3O5/c1-19-6-2-3-7(15(17)18)8(4-6)20-11-9(12)10(16)13-5-14-11/h2-5H,1H3,(H,13,14,16). The molecule has 1 aromatic heterocycles. The maximum atomic E-state index is 11.3. The van der Waals surface area contributed by atoms with Crippen molar-refractivity contribution in [1.29, 1.82) is 0 Å².